The quantitative estimate of drug-likeness (QED) is 0.328. The number of fused-ring (bicyclic) bond motifs is 3. The zero-order chi connectivity index (χ0) is 27.5. The molecule has 0 saturated heterocycles. The van der Waals surface area contributed by atoms with E-state index in [1.807, 2.05) is 6.92 Å². The smallest absolute Gasteiger partial charge is 0.255 e. The van der Waals surface area contributed by atoms with Gasteiger partial charge in [0.25, 0.3) is 5.91 Å². The van der Waals surface area contributed by atoms with Gasteiger partial charge in [-0.05, 0) is 41.8 Å². The van der Waals surface area contributed by atoms with E-state index in [4.69, 9.17) is 10.5 Å². The number of aromatic hydroxyl groups is 1. The van der Waals surface area contributed by atoms with E-state index in [0.29, 0.717) is 23.5 Å². The fourth-order valence-electron chi connectivity index (χ4n) is 5.69. The highest BCUT2D eigenvalue weighted by atomic mass is 16.5. The van der Waals surface area contributed by atoms with E-state index in [-0.39, 0.29) is 11.1 Å². The molecule has 0 bridgehead atoms. The van der Waals surface area contributed by atoms with E-state index in [2.05, 4.69) is 0 Å². The van der Waals surface area contributed by atoms with E-state index in [9.17, 15) is 39.9 Å². The molecule has 2 aromatic rings. The molecular weight excluding hydrogens is 494 g/mol. The number of phenolic OH excluding ortho intramolecular Hbond substituents is 1. The summed E-state index contributed by atoms with van der Waals surface area (Å²) >= 11 is 0. The van der Waals surface area contributed by atoms with Gasteiger partial charge in [-0.25, -0.2) is 0 Å². The Morgan fingerprint density at radius 1 is 1.13 bits per heavy atom. The van der Waals surface area contributed by atoms with E-state index >= 15 is 0 Å². The molecule has 0 heterocycles. The van der Waals surface area contributed by atoms with Gasteiger partial charge in [0.1, 0.15) is 28.6 Å². The average molecular weight is 520 g/mol. The van der Waals surface area contributed by atoms with Crippen LogP contribution in [0, 0.1) is 11.8 Å². The minimum atomic E-state index is -2.90. The number of amides is 1. The molecular formula is C28H25NO9. The molecule has 1 amide bonds. The van der Waals surface area contributed by atoms with Crippen molar-refractivity contribution in [3.05, 3.63) is 81.8 Å². The number of hydrogen-bond donors (Lipinski definition) is 6. The molecule has 0 aliphatic heterocycles. The Balaban J connectivity index is 1.77. The summed E-state index contributed by atoms with van der Waals surface area (Å²) in [5, 5.41) is 55.3. The molecule has 0 spiro atoms. The number of benzene rings is 2. The Hall–Kier alpha value is -4.41. The number of carbonyl (C=O) groups excluding carboxylic acids is 3. The highest BCUT2D eigenvalue weighted by Gasteiger charge is 2.63. The fraction of sp³-hybridized carbons (Fsp3) is 0.250. The predicted octanol–water partition coefficient (Wildman–Crippen LogP) is 1.95. The maximum absolute atomic E-state index is 13.6. The number of phenols is 1. The van der Waals surface area contributed by atoms with Crippen LogP contribution in [0.2, 0.25) is 0 Å². The largest absolute Gasteiger partial charge is 0.511 e. The van der Waals surface area contributed by atoms with Crippen LogP contribution in [0.15, 0.2) is 65.1 Å². The van der Waals surface area contributed by atoms with Crippen molar-refractivity contribution in [3.8, 4) is 11.5 Å². The van der Waals surface area contributed by atoms with E-state index < -0.39 is 75.8 Å². The highest BCUT2D eigenvalue weighted by Crippen LogP contribution is 2.55. The van der Waals surface area contributed by atoms with Crippen molar-refractivity contribution in [1.82, 2.24) is 0 Å². The van der Waals surface area contributed by atoms with E-state index in [1.54, 1.807) is 36.4 Å². The second-order valence-corrected chi connectivity index (χ2v) is 9.45. The molecule has 10 heteroatoms. The lowest BCUT2D eigenvalue weighted by atomic mass is 9.57. The number of allylic oxidation sites excluding steroid dienone is 1. The van der Waals surface area contributed by atoms with Crippen LogP contribution in [0.4, 0.5) is 0 Å². The van der Waals surface area contributed by atoms with Gasteiger partial charge in [-0.15, -0.1) is 0 Å². The van der Waals surface area contributed by atoms with Crippen molar-refractivity contribution in [3.63, 3.8) is 0 Å². The molecule has 0 radical (unpaired) electrons. The molecule has 4 atom stereocenters. The molecule has 10 nitrogen and oxygen atoms in total. The summed E-state index contributed by atoms with van der Waals surface area (Å²) in [4.78, 5) is 38.7. The van der Waals surface area contributed by atoms with Crippen LogP contribution in [0.25, 0.3) is 11.6 Å². The zero-order valence-electron chi connectivity index (χ0n) is 20.2. The van der Waals surface area contributed by atoms with Crippen LogP contribution in [0.3, 0.4) is 0 Å². The minimum Gasteiger partial charge on any atom is -0.511 e. The van der Waals surface area contributed by atoms with Gasteiger partial charge in [-0.2, -0.15) is 0 Å². The monoisotopic (exact) mass is 519 g/mol. The number of aliphatic hydroxyl groups is 4. The SMILES string of the molecule is CCOc1ccc(/C=C2\c3cccc(O)c3C(=O)C3=C(O)[C@]4(O)C(=O)C(C(N)=O)=C(O)C[C@@H]4[C@@H](O)[C@@H]32)cc1. The second-order valence-electron chi connectivity index (χ2n) is 9.45. The molecule has 0 unspecified atom stereocenters. The molecule has 5 rings (SSSR count). The lowest BCUT2D eigenvalue weighted by Crippen LogP contribution is -2.62. The first kappa shape index (κ1) is 25.2. The van der Waals surface area contributed by atoms with Crippen molar-refractivity contribution in [2.24, 2.45) is 17.6 Å². The lowest BCUT2D eigenvalue weighted by Gasteiger charge is -2.49. The van der Waals surface area contributed by atoms with Gasteiger partial charge in [0.05, 0.1) is 23.8 Å². The van der Waals surface area contributed by atoms with Crippen molar-refractivity contribution < 1.29 is 44.7 Å². The first-order valence-corrected chi connectivity index (χ1v) is 11.9. The van der Waals surface area contributed by atoms with Crippen LogP contribution < -0.4 is 10.5 Å². The number of ether oxygens (including phenoxy) is 1. The number of Topliss-reactive ketones (excluding diaryl/α,β-unsaturated/α-hetero) is 2. The topological polar surface area (TPSA) is 188 Å². The average Bonchev–Trinajstić information content (AvgIpc) is 2.87. The maximum Gasteiger partial charge on any atom is 0.255 e. The number of nitrogens with two attached hydrogens (primary N) is 1. The normalized spacial score (nSPS) is 27.7. The van der Waals surface area contributed by atoms with Gasteiger partial charge in [0.15, 0.2) is 11.4 Å². The number of carbonyl (C=O) groups is 3. The van der Waals surface area contributed by atoms with E-state index in [1.165, 1.54) is 12.1 Å². The molecule has 38 heavy (non-hydrogen) atoms. The van der Waals surface area contributed by atoms with Crippen LogP contribution in [0.1, 0.15) is 34.8 Å². The lowest BCUT2D eigenvalue weighted by molar-refractivity contribution is -0.152. The first-order chi connectivity index (χ1) is 18.0. The van der Waals surface area contributed by atoms with Gasteiger partial charge in [0.2, 0.25) is 5.78 Å². The Labute approximate surface area is 216 Å². The predicted molar refractivity (Wildman–Crippen MR) is 134 cm³/mol. The Morgan fingerprint density at radius 2 is 1.82 bits per heavy atom. The van der Waals surface area contributed by atoms with Crippen molar-refractivity contribution in [2.45, 2.75) is 25.0 Å². The molecule has 196 valence electrons. The van der Waals surface area contributed by atoms with Gasteiger partial charge in [0, 0.05) is 18.3 Å². The summed E-state index contributed by atoms with van der Waals surface area (Å²) in [6, 6.07) is 11.3. The summed E-state index contributed by atoms with van der Waals surface area (Å²) in [7, 11) is 0. The van der Waals surface area contributed by atoms with Gasteiger partial charge in [-0.1, -0.05) is 30.3 Å². The third kappa shape index (κ3) is 3.45. The number of hydrogen-bond acceptors (Lipinski definition) is 9. The molecule has 0 saturated carbocycles. The summed E-state index contributed by atoms with van der Waals surface area (Å²) < 4.78 is 5.47. The van der Waals surface area contributed by atoms with Crippen LogP contribution in [-0.4, -0.2) is 61.3 Å². The number of primary amides is 1. The number of ketones is 2. The summed E-state index contributed by atoms with van der Waals surface area (Å²) in [5.74, 6) is -7.99. The Bertz CT molecular complexity index is 1480. The van der Waals surface area contributed by atoms with Crippen molar-refractivity contribution in [1.29, 1.82) is 0 Å². The molecule has 7 N–H and O–H groups in total. The molecule has 2 aromatic carbocycles. The standard InChI is InChI=1S/C28H25NO9/c1-2-38-13-8-6-12(7-9-13)10-15-14-4-3-5-17(30)19(14)24(33)22-20(15)23(32)16-11-18(31)21(27(29)36)25(34)28(16,37)26(22)35/h3-10,16,20,23,30-32,35,37H,2,11H2,1H3,(H2,29,36)/b15-10+/t16-,20-,23-,28-/m1/s1. The van der Waals surface area contributed by atoms with Crippen molar-refractivity contribution in [2.75, 3.05) is 6.61 Å². The van der Waals surface area contributed by atoms with Crippen LogP contribution in [-0.2, 0) is 9.59 Å². The molecule has 3 aliphatic carbocycles. The van der Waals surface area contributed by atoms with Crippen molar-refractivity contribution >= 4 is 29.1 Å². The fourth-order valence-corrected chi connectivity index (χ4v) is 5.69. The van der Waals surface area contributed by atoms with Gasteiger partial charge >= 0.3 is 0 Å². The zero-order valence-corrected chi connectivity index (χ0v) is 20.2. The summed E-state index contributed by atoms with van der Waals surface area (Å²) in [5.41, 5.74) is 1.97. The van der Waals surface area contributed by atoms with Crippen LogP contribution in [0.5, 0.6) is 11.5 Å². The third-order valence-corrected chi connectivity index (χ3v) is 7.41. The molecule has 0 fully saturated rings. The van der Waals surface area contributed by atoms with Crippen LogP contribution >= 0.6 is 0 Å². The summed E-state index contributed by atoms with van der Waals surface area (Å²) in [6.07, 6.45) is -0.575. The Morgan fingerprint density at radius 3 is 2.45 bits per heavy atom. The summed E-state index contributed by atoms with van der Waals surface area (Å²) in [6.45, 7) is 2.32. The van der Waals surface area contributed by atoms with Gasteiger partial charge < -0.3 is 36.0 Å². The molecule has 0 aromatic heterocycles. The Kier molecular flexibility index (Phi) is 5.89. The molecule has 3 aliphatic rings. The van der Waals surface area contributed by atoms with Gasteiger partial charge in [-0.3, -0.25) is 14.4 Å². The highest BCUT2D eigenvalue weighted by molar-refractivity contribution is 6.25. The first-order valence-electron chi connectivity index (χ1n) is 11.9. The number of aliphatic hydroxyl groups excluding tert-OH is 3. The second kappa shape index (κ2) is 8.86. The minimum absolute atomic E-state index is 0.187. The van der Waals surface area contributed by atoms with E-state index in [0.717, 1.165) is 0 Å². The maximum atomic E-state index is 13.6. The third-order valence-electron chi connectivity index (χ3n) is 7.41. The number of rotatable bonds is 4.